The number of fused-ring (bicyclic) bond motifs is 1. The minimum absolute atomic E-state index is 0.0740. The van der Waals surface area contributed by atoms with Crippen LogP contribution in [0.25, 0.3) is 11.2 Å². The van der Waals surface area contributed by atoms with Crippen molar-refractivity contribution in [1.82, 2.24) is 19.5 Å². The van der Waals surface area contributed by atoms with E-state index in [2.05, 4.69) is 20.3 Å². The molecule has 0 unspecified atom stereocenters. The summed E-state index contributed by atoms with van der Waals surface area (Å²) >= 11 is 0. The molecule has 2 aromatic heterocycles. The second kappa shape index (κ2) is 9.36. The molecule has 3 rings (SSSR count). The second-order valence-electron chi connectivity index (χ2n) is 6.03. The van der Waals surface area contributed by atoms with Gasteiger partial charge in [-0.25, -0.2) is 15.0 Å². The number of imidazole rings is 1. The number of aliphatic hydroxyl groups excluding tert-OH is 1. The predicted octanol–water partition coefficient (Wildman–Crippen LogP) is 2.01. The van der Waals surface area contributed by atoms with E-state index in [1.54, 1.807) is 42.3 Å². The van der Waals surface area contributed by atoms with Gasteiger partial charge in [-0.15, -0.1) is 0 Å². The third-order valence-corrected chi connectivity index (χ3v) is 4.29. The number of ether oxygens (including phenoxy) is 2. The molecule has 3 aromatic rings. The van der Waals surface area contributed by atoms with Gasteiger partial charge in [0, 0.05) is 12.7 Å². The highest BCUT2D eigenvalue weighted by atomic mass is 16.5. The maximum atomic E-state index is 12.5. The van der Waals surface area contributed by atoms with E-state index >= 15 is 0 Å². The van der Waals surface area contributed by atoms with Gasteiger partial charge < -0.3 is 19.9 Å². The fourth-order valence-electron chi connectivity index (χ4n) is 2.95. The molecule has 1 amide bonds. The Morgan fingerprint density at radius 3 is 2.71 bits per heavy atom. The van der Waals surface area contributed by atoms with Crippen molar-refractivity contribution >= 4 is 22.9 Å². The summed E-state index contributed by atoms with van der Waals surface area (Å²) in [5.74, 6) is 0.0351. The van der Waals surface area contributed by atoms with Crippen molar-refractivity contribution in [1.29, 1.82) is 0 Å². The Morgan fingerprint density at radius 2 is 2.04 bits per heavy atom. The fourth-order valence-corrected chi connectivity index (χ4v) is 2.95. The van der Waals surface area contributed by atoms with Crippen LogP contribution in [0.5, 0.6) is 0 Å². The average Bonchev–Trinajstić information content (AvgIpc) is 3.16. The number of carbonyl (C=O) groups excluding carboxylic acids is 1. The summed E-state index contributed by atoms with van der Waals surface area (Å²) in [6.07, 6.45) is 2.82. The number of methoxy groups -OCH3 is 1. The highest BCUT2D eigenvalue weighted by Gasteiger charge is 2.25. The lowest BCUT2D eigenvalue weighted by Crippen LogP contribution is -2.29. The van der Waals surface area contributed by atoms with Gasteiger partial charge in [0.15, 0.2) is 23.2 Å². The van der Waals surface area contributed by atoms with Gasteiger partial charge in [-0.2, -0.15) is 0 Å². The van der Waals surface area contributed by atoms with E-state index in [9.17, 15) is 4.79 Å². The summed E-state index contributed by atoms with van der Waals surface area (Å²) in [6.45, 7) is 2.10. The first-order chi connectivity index (χ1) is 13.7. The largest absolute Gasteiger partial charge is 0.394 e. The number of amides is 1. The molecule has 28 heavy (non-hydrogen) atoms. The van der Waals surface area contributed by atoms with Crippen LogP contribution in [0.4, 0.5) is 5.82 Å². The van der Waals surface area contributed by atoms with Crippen LogP contribution in [0, 0.1) is 0 Å². The Hall–Kier alpha value is -2.88. The van der Waals surface area contributed by atoms with E-state index in [-0.39, 0.29) is 25.2 Å². The van der Waals surface area contributed by atoms with E-state index in [1.807, 2.05) is 13.0 Å². The quantitative estimate of drug-likeness (QED) is 0.579. The van der Waals surface area contributed by atoms with Crippen LogP contribution in [0.15, 0.2) is 43.0 Å². The standard InChI is InChI=1S/C19H23N5O4/c1-3-14(28-10-9-25)19(27-2)24-12-22-15-16(20-11-21-17(15)24)23-18(26)13-7-5-4-6-8-13/h4-8,11-12,14,19,25H,3,9-10H2,1-2H3,(H,20,21,23,26)/t14-,19+/m0/s1. The van der Waals surface area contributed by atoms with Crippen molar-refractivity contribution in [3.05, 3.63) is 48.5 Å². The number of aliphatic hydroxyl groups is 1. The molecule has 148 valence electrons. The number of nitrogens with zero attached hydrogens (tertiary/aromatic N) is 4. The summed E-state index contributed by atoms with van der Waals surface area (Å²) < 4.78 is 13.0. The number of anilines is 1. The Labute approximate surface area is 162 Å². The van der Waals surface area contributed by atoms with Crippen LogP contribution in [0.2, 0.25) is 0 Å². The average molecular weight is 385 g/mol. The zero-order chi connectivity index (χ0) is 19.9. The van der Waals surface area contributed by atoms with Crippen LogP contribution in [0.3, 0.4) is 0 Å². The van der Waals surface area contributed by atoms with Crippen LogP contribution < -0.4 is 5.32 Å². The molecule has 1 aromatic carbocycles. The number of nitrogens with one attached hydrogen (secondary N) is 1. The summed E-state index contributed by atoms with van der Waals surface area (Å²) in [5.41, 5.74) is 1.48. The van der Waals surface area contributed by atoms with Gasteiger partial charge in [0.05, 0.1) is 19.5 Å². The molecule has 0 saturated carbocycles. The fraction of sp³-hybridized carbons (Fsp3) is 0.368. The van der Waals surface area contributed by atoms with Gasteiger partial charge in [-0.1, -0.05) is 25.1 Å². The summed E-state index contributed by atoms with van der Waals surface area (Å²) in [6, 6.07) is 8.86. The van der Waals surface area contributed by atoms with Crippen molar-refractivity contribution in [2.75, 3.05) is 25.6 Å². The molecule has 2 atom stereocenters. The predicted molar refractivity (Wildman–Crippen MR) is 103 cm³/mol. The molecule has 9 heteroatoms. The molecule has 0 radical (unpaired) electrons. The Bertz CT molecular complexity index is 915. The maximum Gasteiger partial charge on any atom is 0.256 e. The van der Waals surface area contributed by atoms with Gasteiger partial charge in [0.2, 0.25) is 0 Å². The first-order valence-electron chi connectivity index (χ1n) is 8.98. The van der Waals surface area contributed by atoms with Crippen LogP contribution >= 0.6 is 0 Å². The Morgan fingerprint density at radius 1 is 1.25 bits per heavy atom. The summed E-state index contributed by atoms with van der Waals surface area (Å²) in [5, 5.41) is 11.8. The van der Waals surface area contributed by atoms with Crippen LogP contribution in [-0.2, 0) is 9.47 Å². The molecular formula is C19H23N5O4. The topological polar surface area (TPSA) is 111 Å². The second-order valence-corrected chi connectivity index (χ2v) is 6.03. The minimum Gasteiger partial charge on any atom is -0.394 e. The number of aromatic nitrogens is 4. The number of benzene rings is 1. The van der Waals surface area contributed by atoms with E-state index in [0.717, 1.165) is 0 Å². The van der Waals surface area contributed by atoms with Gasteiger partial charge in [-0.05, 0) is 18.6 Å². The molecule has 9 nitrogen and oxygen atoms in total. The number of hydrogen-bond acceptors (Lipinski definition) is 7. The normalized spacial score (nSPS) is 13.4. The van der Waals surface area contributed by atoms with Crippen LogP contribution in [0.1, 0.15) is 29.9 Å². The molecule has 0 saturated heterocycles. The smallest absolute Gasteiger partial charge is 0.256 e. The lowest BCUT2D eigenvalue weighted by atomic mass is 10.2. The van der Waals surface area contributed by atoms with E-state index in [1.165, 1.54) is 6.33 Å². The Balaban J connectivity index is 1.90. The lowest BCUT2D eigenvalue weighted by Gasteiger charge is -2.26. The van der Waals surface area contributed by atoms with Crippen molar-refractivity contribution in [3.8, 4) is 0 Å². The van der Waals surface area contributed by atoms with Crippen molar-refractivity contribution in [2.24, 2.45) is 0 Å². The molecule has 0 spiro atoms. The third kappa shape index (κ3) is 4.16. The van der Waals surface area contributed by atoms with Crippen LogP contribution in [-0.4, -0.2) is 57.0 Å². The zero-order valence-electron chi connectivity index (χ0n) is 15.8. The monoisotopic (exact) mass is 385 g/mol. The molecule has 0 bridgehead atoms. The molecule has 0 aliphatic carbocycles. The molecule has 0 fully saturated rings. The Kier molecular flexibility index (Phi) is 6.64. The minimum atomic E-state index is -0.492. The van der Waals surface area contributed by atoms with Crippen molar-refractivity contribution in [2.45, 2.75) is 25.7 Å². The maximum absolute atomic E-state index is 12.5. The lowest BCUT2D eigenvalue weighted by molar-refractivity contribution is -0.0980. The molecular weight excluding hydrogens is 362 g/mol. The third-order valence-electron chi connectivity index (χ3n) is 4.29. The number of hydrogen-bond donors (Lipinski definition) is 2. The SMILES string of the molecule is CC[C@H](OCCO)[C@@H](OC)n1cnc2c(NC(=O)c3ccccc3)ncnc21. The first kappa shape index (κ1) is 19.9. The zero-order valence-corrected chi connectivity index (χ0v) is 15.8. The molecule has 0 aliphatic heterocycles. The highest BCUT2D eigenvalue weighted by Crippen LogP contribution is 2.25. The van der Waals surface area contributed by atoms with Crippen molar-refractivity contribution < 1.29 is 19.4 Å². The van der Waals surface area contributed by atoms with E-state index < -0.39 is 6.23 Å². The van der Waals surface area contributed by atoms with Gasteiger partial charge in [0.25, 0.3) is 5.91 Å². The highest BCUT2D eigenvalue weighted by molar-refractivity contribution is 6.06. The number of carbonyl (C=O) groups is 1. The van der Waals surface area contributed by atoms with E-state index in [4.69, 9.17) is 14.6 Å². The molecule has 2 heterocycles. The number of rotatable bonds is 9. The summed E-state index contributed by atoms with van der Waals surface area (Å²) in [4.78, 5) is 25.3. The molecule has 0 aliphatic rings. The van der Waals surface area contributed by atoms with Crippen molar-refractivity contribution in [3.63, 3.8) is 0 Å². The van der Waals surface area contributed by atoms with E-state index in [0.29, 0.717) is 29.0 Å². The summed E-state index contributed by atoms with van der Waals surface area (Å²) in [7, 11) is 1.57. The first-order valence-corrected chi connectivity index (χ1v) is 8.98. The van der Waals surface area contributed by atoms with Gasteiger partial charge >= 0.3 is 0 Å². The molecule has 2 N–H and O–H groups in total. The van der Waals surface area contributed by atoms with Gasteiger partial charge in [0.1, 0.15) is 12.4 Å². The van der Waals surface area contributed by atoms with Gasteiger partial charge in [-0.3, -0.25) is 9.36 Å².